The second-order valence-electron chi connectivity index (χ2n) is 4.83. The lowest BCUT2D eigenvalue weighted by Crippen LogP contribution is -2.17. The quantitative estimate of drug-likeness (QED) is 0.756. The Hall–Kier alpha value is -1.39. The largest absolute Gasteiger partial charge is 0.384 e. The van der Waals surface area contributed by atoms with Crippen molar-refractivity contribution in [1.82, 2.24) is 0 Å². The van der Waals surface area contributed by atoms with Crippen molar-refractivity contribution in [3.05, 3.63) is 29.8 Å². The van der Waals surface area contributed by atoms with Crippen molar-refractivity contribution in [2.24, 2.45) is 11.7 Å². The van der Waals surface area contributed by atoms with Crippen LogP contribution in [0, 0.1) is 5.92 Å². The van der Waals surface area contributed by atoms with Crippen LogP contribution >= 0.6 is 0 Å². The molecule has 106 valence electrons. The van der Waals surface area contributed by atoms with E-state index in [0.717, 1.165) is 24.1 Å². The molecule has 0 saturated carbocycles. The molecule has 0 aliphatic rings. The molecule has 0 bridgehead atoms. The first-order valence-corrected chi connectivity index (χ1v) is 6.74. The molecule has 0 aliphatic heterocycles. The summed E-state index contributed by atoms with van der Waals surface area (Å²) in [6.07, 6.45) is 2.13. The molecule has 0 heterocycles. The molecule has 0 spiro atoms. The van der Waals surface area contributed by atoms with E-state index in [0.29, 0.717) is 25.5 Å². The van der Waals surface area contributed by atoms with Gasteiger partial charge in [-0.2, -0.15) is 0 Å². The number of carbonyl (C=O) groups is 1. The molecule has 0 aliphatic carbocycles. The summed E-state index contributed by atoms with van der Waals surface area (Å²) < 4.78 is 5.07. The second-order valence-corrected chi connectivity index (χ2v) is 4.83. The lowest BCUT2D eigenvalue weighted by molar-refractivity contribution is -0.116. The minimum atomic E-state index is 0.0465. The topological polar surface area (TPSA) is 64.3 Å². The van der Waals surface area contributed by atoms with Crippen molar-refractivity contribution in [1.29, 1.82) is 0 Å². The van der Waals surface area contributed by atoms with Crippen molar-refractivity contribution < 1.29 is 9.53 Å². The van der Waals surface area contributed by atoms with E-state index in [1.165, 1.54) is 0 Å². The number of rotatable bonds is 8. The summed E-state index contributed by atoms with van der Waals surface area (Å²) in [6.45, 7) is 3.33. The van der Waals surface area contributed by atoms with Gasteiger partial charge in [0.05, 0.1) is 6.61 Å². The maximum atomic E-state index is 11.9. The summed E-state index contributed by atoms with van der Waals surface area (Å²) in [7, 11) is 1.68. The molecule has 0 fully saturated rings. The van der Waals surface area contributed by atoms with Gasteiger partial charge in [0.25, 0.3) is 0 Å². The standard InChI is InChI=1S/C15H24N2O2/c1-12(11-16)7-8-15(18)17-14-6-4-3-5-13(14)9-10-19-2/h3-6,12H,7-11,16H2,1-2H3,(H,17,18). The normalized spacial score (nSPS) is 12.2. The molecule has 0 radical (unpaired) electrons. The molecule has 19 heavy (non-hydrogen) atoms. The van der Waals surface area contributed by atoms with Crippen LogP contribution in [0.2, 0.25) is 0 Å². The predicted molar refractivity (Wildman–Crippen MR) is 78.1 cm³/mol. The molecule has 4 nitrogen and oxygen atoms in total. The van der Waals surface area contributed by atoms with E-state index in [-0.39, 0.29) is 5.91 Å². The van der Waals surface area contributed by atoms with E-state index in [4.69, 9.17) is 10.5 Å². The first-order valence-electron chi connectivity index (χ1n) is 6.74. The average molecular weight is 264 g/mol. The number of para-hydroxylation sites is 1. The zero-order valence-electron chi connectivity index (χ0n) is 11.8. The zero-order chi connectivity index (χ0) is 14.1. The van der Waals surface area contributed by atoms with Crippen LogP contribution in [0.15, 0.2) is 24.3 Å². The van der Waals surface area contributed by atoms with Crippen LogP contribution in [0.1, 0.15) is 25.3 Å². The molecule has 3 N–H and O–H groups in total. The number of nitrogens with one attached hydrogen (secondary N) is 1. The van der Waals surface area contributed by atoms with Crippen LogP contribution in [-0.4, -0.2) is 26.2 Å². The minimum absolute atomic E-state index is 0.0465. The van der Waals surface area contributed by atoms with Gasteiger partial charge in [-0.3, -0.25) is 4.79 Å². The molecule has 0 saturated heterocycles. The third-order valence-electron chi connectivity index (χ3n) is 3.13. The third-order valence-corrected chi connectivity index (χ3v) is 3.13. The highest BCUT2D eigenvalue weighted by Gasteiger charge is 2.08. The first-order chi connectivity index (χ1) is 9.17. The Bertz CT molecular complexity index is 393. The van der Waals surface area contributed by atoms with Gasteiger partial charge in [-0.25, -0.2) is 0 Å². The van der Waals surface area contributed by atoms with Gasteiger partial charge < -0.3 is 15.8 Å². The summed E-state index contributed by atoms with van der Waals surface area (Å²) >= 11 is 0. The van der Waals surface area contributed by atoms with Crippen LogP contribution in [0.25, 0.3) is 0 Å². The average Bonchev–Trinajstić information content (AvgIpc) is 2.43. The highest BCUT2D eigenvalue weighted by Crippen LogP contribution is 2.16. The highest BCUT2D eigenvalue weighted by molar-refractivity contribution is 5.91. The first kappa shape index (κ1) is 15.7. The smallest absolute Gasteiger partial charge is 0.224 e. The molecule has 1 amide bonds. The van der Waals surface area contributed by atoms with E-state index < -0.39 is 0 Å². The lowest BCUT2D eigenvalue weighted by Gasteiger charge is -2.12. The van der Waals surface area contributed by atoms with Crippen LogP contribution in [-0.2, 0) is 16.0 Å². The maximum Gasteiger partial charge on any atom is 0.224 e. The van der Waals surface area contributed by atoms with E-state index >= 15 is 0 Å². The number of hydrogen-bond donors (Lipinski definition) is 2. The number of carbonyl (C=O) groups excluding carboxylic acids is 1. The lowest BCUT2D eigenvalue weighted by atomic mass is 10.1. The fraction of sp³-hybridized carbons (Fsp3) is 0.533. The summed E-state index contributed by atoms with van der Waals surface area (Å²) in [6, 6.07) is 7.83. The highest BCUT2D eigenvalue weighted by atomic mass is 16.5. The van der Waals surface area contributed by atoms with Crippen molar-refractivity contribution in [2.75, 3.05) is 25.6 Å². The zero-order valence-corrected chi connectivity index (χ0v) is 11.8. The van der Waals surface area contributed by atoms with E-state index in [9.17, 15) is 4.79 Å². The molecule has 1 aromatic carbocycles. The van der Waals surface area contributed by atoms with Crippen LogP contribution in [0.4, 0.5) is 5.69 Å². The summed E-state index contributed by atoms with van der Waals surface area (Å²) in [5.41, 5.74) is 7.53. The molecule has 1 aromatic rings. The number of amides is 1. The van der Waals surface area contributed by atoms with Crippen molar-refractivity contribution in [2.45, 2.75) is 26.2 Å². The van der Waals surface area contributed by atoms with Crippen LogP contribution in [0.5, 0.6) is 0 Å². The van der Waals surface area contributed by atoms with E-state index in [1.807, 2.05) is 24.3 Å². The second kappa shape index (κ2) is 8.67. The number of anilines is 1. The number of hydrogen-bond acceptors (Lipinski definition) is 3. The number of nitrogens with two attached hydrogens (primary N) is 1. The monoisotopic (exact) mass is 264 g/mol. The molecule has 1 rings (SSSR count). The van der Waals surface area contributed by atoms with Gasteiger partial charge in [0, 0.05) is 19.2 Å². The van der Waals surface area contributed by atoms with Gasteiger partial charge in [0.1, 0.15) is 0 Å². The van der Waals surface area contributed by atoms with E-state index in [1.54, 1.807) is 7.11 Å². The van der Waals surface area contributed by atoms with Gasteiger partial charge in [0.2, 0.25) is 5.91 Å². The van der Waals surface area contributed by atoms with Gasteiger partial charge in [-0.15, -0.1) is 0 Å². The third kappa shape index (κ3) is 5.85. The fourth-order valence-corrected chi connectivity index (χ4v) is 1.78. The summed E-state index contributed by atoms with van der Waals surface area (Å²) in [5.74, 6) is 0.430. The Labute approximate surface area is 115 Å². The molecular formula is C15H24N2O2. The molecule has 1 atom stereocenters. The van der Waals surface area contributed by atoms with Crippen molar-refractivity contribution >= 4 is 11.6 Å². The summed E-state index contributed by atoms with van der Waals surface area (Å²) in [5, 5.41) is 2.96. The number of ether oxygens (including phenoxy) is 1. The van der Waals surface area contributed by atoms with Gasteiger partial charge in [-0.1, -0.05) is 25.1 Å². The Kier molecular flexibility index (Phi) is 7.15. The molecular weight excluding hydrogens is 240 g/mol. The Morgan fingerprint density at radius 1 is 1.42 bits per heavy atom. The molecule has 0 aromatic heterocycles. The molecule has 4 heteroatoms. The predicted octanol–water partition coefficient (Wildman–Crippen LogP) is 2.19. The van der Waals surface area contributed by atoms with Crippen LogP contribution in [0.3, 0.4) is 0 Å². The van der Waals surface area contributed by atoms with Crippen molar-refractivity contribution in [3.8, 4) is 0 Å². The van der Waals surface area contributed by atoms with Crippen LogP contribution < -0.4 is 11.1 Å². The minimum Gasteiger partial charge on any atom is -0.384 e. The van der Waals surface area contributed by atoms with Gasteiger partial charge in [-0.05, 0) is 36.9 Å². The Balaban J connectivity index is 2.53. The summed E-state index contributed by atoms with van der Waals surface area (Å²) in [4.78, 5) is 11.9. The van der Waals surface area contributed by atoms with Gasteiger partial charge in [0.15, 0.2) is 0 Å². The Morgan fingerprint density at radius 2 is 2.16 bits per heavy atom. The van der Waals surface area contributed by atoms with Gasteiger partial charge >= 0.3 is 0 Å². The SMILES string of the molecule is COCCc1ccccc1NC(=O)CCC(C)CN. The number of benzene rings is 1. The van der Waals surface area contributed by atoms with Crippen molar-refractivity contribution in [3.63, 3.8) is 0 Å². The number of methoxy groups -OCH3 is 1. The Morgan fingerprint density at radius 3 is 2.84 bits per heavy atom. The van der Waals surface area contributed by atoms with E-state index in [2.05, 4.69) is 12.2 Å². The molecule has 1 unspecified atom stereocenters. The maximum absolute atomic E-state index is 11.9. The fourth-order valence-electron chi connectivity index (χ4n) is 1.78.